The molecular formula is C11H15N3S. The van der Waals surface area contributed by atoms with Crippen LogP contribution in [0.25, 0.3) is 0 Å². The quantitative estimate of drug-likeness (QED) is 0.465. The zero-order valence-corrected chi connectivity index (χ0v) is 9.60. The first-order valence-electron chi connectivity index (χ1n) is 4.92. The molecule has 4 heteroatoms. The Morgan fingerprint density at radius 2 is 2.00 bits per heavy atom. The third-order valence-electron chi connectivity index (χ3n) is 2.22. The van der Waals surface area contributed by atoms with Gasteiger partial charge in [0.2, 0.25) is 0 Å². The van der Waals surface area contributed by atoms with Crippen molar-refractivity contribution in [2.45, 2.75) is 31.1 Å². The fourth-order valence-electron chi connectivity index (χ4n) is 1.37. The molecule has 0 heterocycles. The molecule has 15 heavy (non-hydrogen) atoms. The fourth-order valence-corrected chi connectivity index (χ4v) is 1.94. The summed E-state index contributed by atoms with van der Waals surface area (Å²) in [5.74, 6) is 0. The largest absolute Gasteiger partial charge is 0.397 e. The van der Waals surface area contributed by atoms with Crippen LogP contribution < -0.4 is 11.5 Å². The summed E-state index contributed by atoms with van der Waals surface area (Å²) in [7, 11) is 0. The molecule has 0 aromatic heterocycles. The Hall–Kier alpha value is -1.34. The van der Waals surface area contributed by atoms with E-state index in [0.29, 0.717) is 11.4 Å². The van der Waals surface area contributed by atoms with E-state index in [9.17, 15) is 0 Å². The first-order chi connectivity index (χ1) is 7.19. The van der Waals surface area contributed by atoms with E-state index < -0.39 is 0 Å². The van der Waals surface area contributed by atoms with Crippen LogP contribution in [0, 0.1) is 10.7 Å². The van der Waals surface area contributed by atoms with Crippen LogP contribution in [0.15, 0.2) is 17.0 Å². The molecular weight excluding hydrogens is 206 g/mol. The van der Waals surface area contributed by atoms with Crippen molar-refractivity contribution in [2.75, 3.05) is 11.5 Å². The van der Waals surface area contributed by atoms with Gasteiger partial charge in [-0.2, -0.15) is 5.26 Å². The Balaban J connectivity index is 3.00. The van der Waals surface area contributed by atoms with Crippen LogP contribution in [0.2, 0.25) is 0 Å². The van der Waals surface area contributed by atoms with E-state index in [-0.39, 0.29) is 0 Å². The topological polar surface area (TPSA) is 75.8 Å². The molecule has 0 unspecified atom stereocenters. The lowest BCUT2D eigenvalue weighted by molar-refractivity contribution is 0.786. The summed E-state index contributed by atoms with van der Waals surface area (Å²) in [4.78, 5) is 0.928. The van der Waals surface area contributed by atoms with Gasteiger partial charge in [-0.15, -0.1) is 0 Å². The maximum absolute atomic E-state index is 8.67. The van der Waals surface area contributed by atoms with Gasteiger partial charge in [0, 0.05) is 4.90 Å². The van der Waals surface area contributed by atoms with Gasteiger partial charge < -0.3 is 11.5 Å². The van der Waals surface area contributed by atoms with Gasteiger partial charge in [0.25, 0.3) is 0 Å². The lowest BCUT2D eigenvalue weighted by atomic mass is 10.1. The predicted octanol–water partition coefficient (Wildman–Crippen LogP) is 2.77. The second-order valence-electron chi connectivity index (χ2n) is 3.39. The molecule has 0 bridgehead atoms. The fraction of sp³-hybridized carbons (Fsp3) is 0.364. The number of rotatable bonds is 4. The van der Waals surface area contributed by atoms with Gasteiger partial charge in [-0.05, 0) is 42.3 Å². The minimum absolute atomic E-state index is 0.549. The second kappa shape index (κ2) is 5.52. The van der Waals surface area contributed by atoms with Crippen molar-refractivity contribution in [3.05, 3.63) is 17.7 Å². The Bertz CT molecular complexity index is 382. The van der Waals surface area contributed by atoms with Gasteiger partial charge in [-0.25, -0.2) is 0 Å². The van der Waals surface area contributed by atoms with Gasteiger partial charge in [-0.1, -0.05) is 13.3 Å². The van der Waals surface area contributed by atoms with Gasteiger partial charge in [0.05, 0.1) is 11.4 Å². The van der Waals surface area contributed by atoms with Crippen molar-refractivity contribution in [2.24, 2.45) is 0 Å². The van der Waals surface area contributed by atoms with E-state index in [2.05, 4.69) is 12.3 Å². The Kier molecular flexibility index (Phi) is 4.32. The Morgan fingerprint density at radius 1 is 1.33 bits per heavy atom. The number of hydrogen-bond donors (Lipinski definition) is 2. The van der Waals surface area contributed by atoms with Crippen LogP contribution in [-0.2, 0) is 6.42 Å². The lowest BCUT2D eigenvalue weighted by Gasteiger charge is -2.09. The average Bonchev–Trinajstić information content (AvgIpc) is 2.21. The molecule has 1 aromatic rings. The number of unbranched alkanes of at least 4 members (excludes halogenated alkanes) is 1. The molecule has 3 nitrogen and oxygen atoms in total. The Morgan fingerprint density at radius 3 is 2.60 bits per heavy atom. The highest BCUT2D eigenvalue weighted by Crippen LogP contribution is 2.29. The van der Waals surface area contributed by atoms with E-state index in [1.54, 1.807) is 6.07 Å². The van der Waals surface area contributed by atoms with Crippen molar-refractivity contribution in [1.29, 1.82) is 5.26 Å². The maximum atomic E-state index is 8.67. The normalized spacial score (nSPS) is 9.87. The van der Waals surface area contributed by atoms with Gasteiger partial charge in [-0.3, -0.25) is 0 Å². The minimum atomic E-state index is 0.549. The summed E-state index contributed by atoms with van der Waals surface area (Å²) in [5.41, 5.74) is 13.7. The number of thioether (sulfide) groups is 1. The van der Waals surface area contributed by atoms with Crippen LogP contribution in [0.5, 0.6) is 0 Å². The highest BCUT2D eigenvalue weighted by Gasteiger charge is 2.06. The standard InChI is InChI=1S/C11H15N3S/c1-2-3-4-8-5-9(13)10(14)6-11(8)15-7-12/h5-6H,2-4,13-14H2,1H3. The number of nitrogens with zero attached hydrogens (tertiary/aromatic N) is 1. The summed E-state index contributed by atoms with van der Waals surface area (Å²) in [5, 5.41) is 10.7. The number of thiocyanates is 1. The molecule has 80 valence electrons. The number of hydrogen-bond acceptors (Lipinski definition) is 4. The molecule has 0 saturated heterocycles. The highest BCUT2D eigenvalue weighted by molar-refractivity contribution is 8.03. The summed E-state index contributed by atoms with van der Waals surface area (Å²) in [6.45, 7) is 2.14. The zero-order valence-electron chi connectivity index (χ0n) is 8.79. The van der Waals surface area contributed by atoms with E-state index >= 15 is 0 Å². The van der Waals surface area contributed by atoms with Crippen molar-refractivity contribution < 1.29 is 0 Å². The van der Waals surface area contributed by atoms with Crippen molar-refractivity contribution in [1.82, 2.24) is 0 Å². The van der Waals surface area contributed by atoms with Crippen LogP contribution >= 0.6 is 11.8 Å². The zero-order chi connectivity index (χ0) is 11.3. The summed E-state index contributed by atoms with van der Waals surface area (Å²) < 4.78 is 0. The molecule has 0 fully saturated rings. The smallest absolute Gasteiger partial charge is 0.138 e. The van der Waals surface area contributed by atoms with E-state index in [4.69, 9.17) is 16.7 Å². The summed E-state index contributed by atoms with van der Waals surface area (Å²) in [6.07, 6.45) is 3.17. The molecule has 0 amide bonds. The second-order valence-corrected chi connectivity index (χ2v) is 4.21. The van der Waals surface area contributed by atoms with Gasteiger partial charge >= 0.3 is 0 Å². The molecule has 0 atom stereocenters. The predicted molar refractivity (Wildman–Crippen MR) is 65.3 cm³/mol. The van der Waals surface area contributed by atoms with E-state index in [1.807, 2.05) is 6.07 Å². The number of nitrogen functional groups attached to an aromatic ring is 2. The third-order valence-corrected chi connectivity index (χ3v) is 2.91. The summed E-state index contributed by atoms with van der Waals surface area (Å²) >= 11 is 1.15. The van der Waals surface area contributed by atoms with Crippen LogP contribution in [0.1, 0.15) is 25.3 Å². The molecule has 0 aliphatic carbocycles. The molecule has 0 spiro atoms. The Labute approximate surface area is 94.5 Å². The first kappa shape index (κ1) is 11.7. The molecule has 0 saturated carbocycles. The molecule has 0 radical (unpaired) electrons. The van der Waals surface area contributed by atoms with Crippen LogP contribution in [0.3, 0.4) is 0 Å². The van der Waals surface area contributed by atoms with Crippen LogP contribution in [0.4, 0.5) is 11.4 Å². The van der Waals surface area contributed by atoms with E-state index in [1.165, 1.54) is 0 Å². The maximum Gasteiger partial charge on any atom is 0.138 e. The molecule has 1 aromatic carbocycles. The molecule has 0 aliphatic rings. The number of nitrogens with two attached hydrogens (primary N) is 2. The number of benzene rings is 1. The number of anilines is 2. The van der Waals surface area contributed by atoms with Crippen molar-refractivity contribution >= 4 is 23.1 Å². The first-order valence-corrected chi connectivity index (χ1v) is 5.74. The highest BCUT2D eigenvalue weighted by atomic mass is 32.2. The minimum Gasteiger partial charge on any atom is -0.397 e. The number of nitriles is 1. The third kappa shape index (κ3) is 3.07. The summed E-state index contributed by atoms with van der Waals surface area (Å²) in [6, 6.07) is 3.67. The van der Waals surface area contributed by atoms with Gasteiger partial charge in [0.1, 0.15) is 5.40 Å². The molecule has 0 aliphatic heterocycles. The molecule has 4 N–H and O–H groups in total. The SMILES string of the molecule is CCCCc1cc(N)c(N)cc1SC#N. The van der Waals surface area contributed by atoms with Gasteiger partial charge in [0.15, 0.2) is 0 Å². The lowest BCUT2D eigenvalue weighted by Crippen LogP contribution is -1.98. The van der Waals surface area contributed by atoms with Crippen molar-refractivity contribution in [3.8, 4) is 5.40 Å². The van der Waals surface area contributed by atoms with Crippen molar-refractivity contribution in [3.63, 3.8) is 0 Å². The average molecular weight is 221 g/mol. The van der Waals surface area contributed by atoms with E-state index in [0.717, 1.165) is 41.5 Å². The molecule has 1 rings (SSSR count). The monoisotopic (exact) mass is 221 g/mol. The van der Waals surface area contributed by atoms with Crippen LogP contribution in [-0.4, -0.2) is 0 Å². The number of aryl methyl sites for hydroxylation is 1.